The number of benzene rings is 3. The maximum absolute atomic E-state index is 17.7. The number of fused-ring (bicyclic) bond motifs is 8. The molecule has 4 unspecified atom stereocenters. The van der Waals surface area contributed by atoms with Crippen LogP contribution in [0, 0.1) is 36.8 Å². The first-order valence-corrected chi connectivity index (χ1v) is 17.9. The Balaban J connectivity index is 1.28. The molecule has 4 bridgehead atoms. The number of carbonyl (C=O) groups excluding carboxylic acids is 1. The number of aryl methyl sites for hydroxylation is 1. The van der Waals surface area contributed by atoms with Gasteiger partial charge in [-0.25, -0.2) is 13.2 Å². The Morgan fingerprint density at radius 2 is 1.81 bits per heavy atom. The van der Waals surface area contributed by atoms with Crippen molar-refractivity contribution in [2.24, 2.45) is 5.92 Å². The van der Waals surface area contributed by atoms with Crippen LogP contribution >= 0.6 is 0 Å². The van der Waals surface area contributed by atoms with Crippen LogP contribution in [0.2, 0.25) is 0 Å². The lowest BCUT2D eigenvalue weighted by molar-refractivity contribution is -0.188. The minimum absolute atomic E-state index is 0.0194. The van der Waals surface area contributed by atoms with Crippen LogP contribution in [-0.4, -0.2) is 87.6 Å². The first kappa shape index (κ1) is 34.5. The molecule has 15 heteroatoms. The smallest absolute Gasteiger partial charge is 0.471 e. The molecule has 0 radical (unpaired) electrons. The van der Waals surface area contributed by atoms with Gasteiger partial charge in [-0.05, 0) is 68.7 Å². The number of carbonyl (C=O) groups is 1. The zero-order valence-electron chi connectivity index (χ0n) is 28.9. The summed E-state index contributed by atoms with van der Waals surface area (Å²) in [6, 6.07) is 5.06. The van der Waals surface area contributed by atoms with Crippen molar-refractivity contribution in [3.63, 3.8) is 0 Å². The standard InChI is InChI=1S/C39H33F6N5O4/c1-3-25-28(41)9-6-19-13-24(51)14-26(29(19)25)30-32(42)33-31(27-11-18(2)53-34(27)30)35(49-16-22-7-8-23(17-49)50(22)37(52)39(43,44)45)47-38(46-33)54-36-20-5-4-10-48(36)15-21(40)12-20/h1,6,9,11,13-14,20-23,36,51H,4-5,7-8,10,12,15-17H2,2H3/t20-,21-,22?,23?,36?/m1/s1. The maximum atomic E-state index is 17.7. The van der Waals surface area contributed by atoms with Gasteiger partial charge in [0.05, 0.1) is 28.6 Å². The van der Waals surface area contributed by atoms with Crippen LogP contribution in [0.1, 0.15) is 43.4 Å². The molecule has 0 saturated carbocycles. The van der Waals surface area contributed by atoms with Gasteiger partial charge in [0.25, 0.3) is 0 Å². The van der Waals surface area contributed by atoms with Crippen molar-refractivity contribution >= 4 is 44.4 Å². The number of rotatable bonds is 4. The first-order valence-electron chi connectivity index (χ1n) is 17.9. The van der Waals surface area contributed by atoms with E-state index in [1.54, 1.807) is 17.9 Å². The third-order valence-corrected chi connectivity index (χ3v) is 11.4. The minimum atomic E-state index is -5.05. The Morgan fingerprint density at radius 1 is 1.06 bits per heavy atom. The van der Waals surface area contributed by atoms with Crippen LogP contribution in [0.25, 0.3) is 43.8 Å². The number of piperidine rings is 2. The van der Waals surface area contributed by atoms with Gasteiger partial charge >= 0.3 is 18.1 Å². The topological polar surface area (TPSA) is 95.2 Å². The fraction of sp³-hybridized carbons (Fsp3) is 0.410. The van der Waals surface area contributed by atoms with E-state index >= 15 is 8.78 Å². The number of anilines is 1. The lowest BCUT2D eigenvalue weighted by atomic mass is 9.86. The van der Waals surface area contributed by atoms with Crippen molar-refractivity contribution in [3.05, 3.63) is 53.3 Å². The Bertz CT molecular complexity index is 2400. The van der Waals surface area contributed by atoms with Crippen LogP contribution in [0.3, 0.4) is 0 Å². The summed E-state index contributed by atoms with van der Waals surface area (Å²) in [4.78, 5) is 26.4. The molecule has 4 fully saturated rings. The molecule has 4 saturated heterocycles. The Labute approximate surface area is 304 Å². The number of phenols is 1. The van der Waals surface area contributed by atoms with E-state index in [0.29, 0.717) is 42.3 Å². The molecular weight excluding hydrogens is 716 g/mol. The van der Waals surface area contributed by atoms with Crippen LogP contribution in [0.5, 0.6) is 11.8 Å². The second-order valence-corrected chi connectivity index (χ2v) is 14.7. The van der Waals surface area contributed by atoms with Gasteiger partial charge in [-0.3, -0.25) is 9.69 Å². The molecule has 5 aromatic rings. The quantitative estimate of drug-likeness (QED) is 0.151. The Morgan fingerprint density at radius 3 is 2.52 bits per heavy atom. The second-order valence-electron chi connectivity index (χ2n) is 14.7. The molecule has 6 atom stereocenters. The summed E-state index contributed by atoms with van der Waals surface area (Å²) >= 11 is 0. The van der Waals surface area contributed by atoms with E-state index in [1.165, 1.54) is 18.2 Å². The molecule has 54 heavy (non-hydrogen) atoms. The van der Waals surface area contributed by atoms with E-state index in [4.69, 9.17) is 20.6 Å². The number of halogens is 6. The molecule has 1 amide bonds. The van der Waals surface area contributed by atoms with Crippen LogP contribution in [0.15, 0.2) is 34.7 Å². The molecule has 9 nitrogen and oxygen atoms in total. The molecule has 280 valence electrons. The minimum Gasteiger partial charge on any atom is -0.508 e. The van der Waals surface area contributed by atoms with Crippen LogP contribution in [-0.2, 0) is 4.79 Å². The molecule has 9 rings (SSSR count). The van der Waals surface area contributed by atoms with Gasteiger partial charge in [0, 0.05) is 48.4 Å². The van der Waals surface area contributed by atoms with Gasteiger partial charge in [0.1, 0.15) is 40.4 Å². The first-order chi connectivity index (χ1) is 25.8. The molecule has 0 spiro atoms. The molecule has 1 N–H and O–H groups in total. The van der Waals surface area contributed by atoms with Crippen molar-refractivity contribution < 1.29 is 45.4 Å². The number of ether oxygens (including phenoxy) is 1. The molecule has 4 aliphatic rings. The monoisotopic (exact) mass is 749 g/mol. The average molecular weight is 750 g/mol. The van der Waals surface area contributed by atoms with Crippen molar-refractivity contribution in [1.29, 1.82) is 0 Å². The molecule has 2 aromatic heterocycles. The number of aromatic nitrogens is 2. The summed E-state index contributed by atoms with van der Waals surface area (Å²) in [6.45, 7) is 2.30. The van der Waals surface area contributed by atoms with Crippen molar-refractivity contribution in [2.45, 2.75) is 69.7 Å². The molecule has 4 aliphatic heterocycles. The summed E-state index contributed by atoms with van der Waals surface area (Å²) in [7, 11) is 0. The van der Waals surface area contributed by atoms with E-state index in [1.807, 2.05) is 4.90 Å². The number of amides is 1. The summed E-state index contributed by atoms with van der Waals surface area (Å²) in [5.74, 6) is -1.12. The highest BCUT2D eigenvalue weighted by Crippen LogP contribution is 2.47. The zero-order chi connectivity index (χ0) is 37.8. The number of terminal acetylenes is 1. The zero-order valence-corrected chi connectivity index (χ0v) is 28.9. The van der Waals surface area contributed by atoms with Crippen molar-refractivity contribution in [1.82, 2.24) is 19.8 Å². The average Bonchev–Trinajstić information content (AvgIpc) is 3.62. The second kappa shape index (κ2) is 12.4. The highest BCUT2D eigenvalue weighted by Gasteiger charge is 2.52. The van der Waals surface area contributed by atoms with Gasteiger partial charge in [0.2, 0.25) is 0 Å². The van der Waals surface area contributed by atoms with E-state index < -0.39 is 48.2 Å². The summed E-state index contributed by atoms with van der Waals surface area (Å²) < 4.78 is 101. The Kier molecular flexibility index (Phi) is 7.93. The molecule has 0 aliphatic carbocycles. The molecule has 3 aromatic carbocycles. The number of piperazine rings is 1. The molecular formula is C39H33F6N5O4. The Hall–Kier alpha value is -5.23. The number of hydrogen-bond acceptors (Lipinski definition) is 8. The van der Waals surface area contributed by atoms with Crippen LogP contribution in [0.4, 0.5) is 32.2 Å². The van der Waals surface area contributed by atoms with Crippen molar-refractivity contribution in [2.75, 3.05) is 31.1 Å². The third-order valence-electron chi connectivity index (χ3n) is 11.4. The number of furan rings is 1. The molecule has 6 heterocycles. The van der Waals surface area contributed by atoms with Crippen molar-refractivity contribution in [3.8, 4) is 35.2 Å². The predicted molar refractivity (Wildman–Crippen MR) is 187 cm³/mol. The van der Waals surface area contributed by atoms with Gasteiger partial charge in [-0.15, -0.1) is 6.42 Å². The number of hydrogen-bond donors (Lipinski definition) is 1. The lowest BCUT2D eigenvalue weighted by Gasteiger charge is -2.45. The van der Waals surface area contributed by atoms with E-state index in [9.17, 15) is 27.5 Å². The fourth-order valence-electron chi connectivity index (χ4n) is 9.27. The van der Waals surface area contributed by atoms with E-state index in [-0.39, 0.29) is 88.1 Å². The lowest BCUT2D eigenvalue weighted by Crippen LogP contribution is -2.59. The van der Waals surface area contributed by atoms with E-state index in [2.05, 4.69) is 10.9 Å². The number of phenolic OH excluding ortho intramolecular Hbond substituents is 1. The van der Waals surface area contributed by atoms with Gasteiger partial charge in [-0.1, -0.05) is 12.0 Å². The predicted octanol–water partition coefficient (Wildman–Crippen LogP) is 7.37. The maximum Gasteiger partial charge on any atom is 0.471 e. The fourth-order valence-corrected chi connectivity index (χ4v) is 9.27. The number of aromatic hydroxyl groups is 1. The third kappa shape index (κ3) is 5.39. The highest BCUT2D eigenvalue weighted by atomic mass is 19.4. The normalized spacial score (nSPS) is 25.4. The number of nitrogens with zero attached hydrogens (tertiary/aromatic N) is 5. The SMILES string of the molecule is C#Cc1c(F)ccc2cc(O)cc(-c3c(F)c4nc(OC5[C@@H]6CCCN5C[C@H](F)C6)nc(N5CC6CCC(C5)N6C(=O)C(F)(F)F)c4c4cc(C)oc34)c12. The summed E-state index contributed by atoms with van der Waals surface area (Å²) in [5, 5.41) is 11.8. The summed E-state index contributed by atoms with van der Waals surface area (Å²) in [6.07, 6.45) is 1.54. The number of alkyl halides is 4. The largest absolute Gasteiger partial charge is 0.508 e. The van der Waals surface area contributed by atoms with E-state index in [0.717, 1.165) is 17.4 Å². The van der Waals surface area contributed by atoms with Crippen LogP contribution < -0.4 is 9.64 Å². The van der Waals surface area contributed by atoms with Gasteiger partial charge < -0.3 is 24.1 Å². The van der Waals surface area contributed by atoms with Gasteiger partial charge in [-0.2, -0.15) is 23.1 Å². The van der Waals surface area contributed by atoms with Gasteiger partial charge in [0.15, 0.2) is 12.0 Å². The summed E-state index contributed by atoms with van der Waals surface area (Å²) in [5.41, 5.74) is -0.488. The highest BCUT2D eigenvalue weighted by molar-refractivity contribution is 6.18.